The molecule has 0 aromatic heterocycles. The molecule has 0 saturated heterocycles. The summed E-state index contributed by atoms with van der Waals surface area (Å²) in [4.78, 5) is 0. The molecule has 0 radical (unpaired) electrons. The maximum absolute atomic E-state index is 5.32. The van der Waals surface area contributed by atoms with Crippen molar-refractivity contribution in [3.8, 4) is 0 Å². The molecule has 0 aliphatic carbocycles. The van der Waals surface area contributed by atoms with Crippen LogP contribution in [0.15, 0.2) is 0 Å². The molecule has 0 aliphatic heterocycles. The summed E-state index contributed by atoms with van der Waals surface area (Å²) in [5.41, 5.74) is 5.32. The topological polar surface area (TPSA) is 44.5 Å². The standard InChI is InChI=1S/C5H14NO2P/c1-3-7-9(5-6)8-4-2/h3-6H2,1-2H3. The van der Waals surface area contributed by atoms with Crippen molar-refractivity contribution in [3.05, 3.63) is 0 Å². The van der Waals surface area contributed by atoms with Gasteiger partial charge in [-0.05, 0) is 13.8 Å². The third-order valence-electron chi connectivity index (χ3n) is 0.695. The molecule has 56 valence electrons. The van der Waals surface area contributed by atoms with Crippen LogP contribution in [-0.2, 0) is 9.05 Å². The zero-order valence-corrected chi connectivity index (χ0v) is 6.86. The van der Waals surface area contributed by atoms with Crippen molar-refractivity contribution in [3.63, 3.8) is 0 Å². The van der Waals surface area contributed by atoms with Crippen LogP contribution < -0.4 is 5.73 Å². The third kappa shape index (κ3) is 4.79. The molecule has 0 aromatic rings. The predicted octanol–water partition coefficient (Wildman–Crippen LogP) is 1.29. The quantitative estimate of drug-likeness (QED) is 0.602. The predicted molar refractivity (Wildman–Crippen MR) is 39.2 cm³/mol. The minimum atomic E-state index is -0.781. The van der Waals surface area contributed by atoms with Crippen LogP contribution in [0.3, 0.4) is 0 Å². The molecule has 2 N–H and O–H groups in total. The highest BCUT2D eigenvalue weighted by Crippen LogP contribution is 2.34. The molecule has 0 aromatic carbocycles. The first-order valence-electron chi connectivity index (χ1n) is 3.08. The van der Waals surface area contributed by atoms with Crippen molar-refractivity contribution in [2.24, 2.45) is 5.73 Å². The fraction of sp³-hybridized carbons (Fsp3) is 1.00. The molecule has 0 bridgehead atoms. The lowest BCUT2D eigenvalue weighted by Gasteiger charge is -2.11. The Morgan fingerprint density at radius 2 is 1.67 bits per heavy atom. The van der Waals surface area contributed by atoms with Crippen LogP contribution in [0.1, 0.15) is 13.8 Å². The summed E-state index contributed by atoms with van der Waals surface area (Å²) < 4.78 is 10.3. The van der Waals surface area contributed by atoms with Gasteiger partial charge in [0.25, 0.3) is 0 Å². The molecule has 9 heavy (non-hydrogen) atoms. The third-order valence-corrected chi connectivity index (χ3v) is 2.09. The number of hydrogen-bond acceptors (Lipinski definition) is 3. The Kier molecular flexibility index (Phi) is 6.65. The lowest BCUT2D eigenvalue weighted by molar-refractivity contribution is 0.270. The molecule has 0 unspecified atom stereocenters. The molecule has 0 spiro atoms. The highest BCUT2D eigenvalue weighted by atomic mass is 31.2. The van der Waals surface area contributed by atoms with Crippen LogP contribution in [0.2, 0.25) is 0 Å². The zero-order valence-electron chi connectivity index (χ0n) is 5.96. The van der Waals surface area contributed by atoms with E-state index in [-0.39, 0.29) is 0 Å². The lowest BCUT2D eigenvalue weighted by atomic mass is 10.9. The van der Waals surface area contributed by atoms with E-state index in [9.17, 15) is 0 Å². The number of rotatable bonds is 5. The Hall–Kier alpha value is 0.310. The Labute approximate surface area is 57.4 Å². The van der Waals surface area contributed by atoms with Crippen LogP contribution in [0, 0.1) is 0 Å². The highest BCUT2D eigenvalue weighted by Gasteiger charge is 2.03. The second kappa shape index (κ2) is 6.43. The van der Waals surface area contributed by atoms with Crippen molar-refractivity contribution in [2.75, 3.05) is 19.5 Å². The van der Waals surface area contributed by atoms with Gasteiger partial charge in [0.15, 0.2) is 8.38 Å². The summed E-state index contributed by atoms with van der Waals surface area (Å²) in [5, 5.41) is 0. The maximum Gasteiger partial charge on any atom is 0.185 e. The summed E-state index contributed by atoms with van der Waals surface area (Å²) >= 11 is 0. The Morgan fingerprint density at radius 1 is 1.22 bits per heavy atom. The van der Waals surface area contributed by atoms with Crippen LogP contribution in [0.25, 0.3) is 0 Å². The highest BCUT2D eigenvalue weighted by molar-refractivity contribution is 7.47. The normalized spacial score (nSPS) is 10.7. The van der Waals surface area contributed by atoms with E-state index in [0.717, 1.165) is 0 Å². The first-order chi connectivity index (χ1) is 4.35. The van der Waals surface area contributed by atoms with Crippen LogP contribution in [0.4, 0.5) is 0 Å². The van der Waals surface area contributed by atoms with Crippen molar-refractivity contribution >= 4 is 8.38 Å². The molecule has 0 rings (SSSR count). The van der Waals surface area contributed by atoms with E-state index in [4.69, 9.17) is 14.8 Å². The van der Waals surface area contributed by atoms with Crippen LogP contribution >= 0.6 is 8.38 Å². The Morgan fingerprint density at radius 3 is 1.89 bits per heavy atom. The molecule has 0 aliphatic rings. The molecular weight excluding hydrogens is 137 g/mol. The largest absolute Gasteiger partial charge is 0.333 e. The van der Waals surface area contributed by atoms with Gasteiger partial charge in [-0.1, -0.05) is 0 Å². The van der Waals surface area contributed by atoms with Gasteiger partial charge < -0.3 is 14.8 Å². The van der Waals surface area contributed by atoms with E-state index >= 15 is 0 Å². The van der Waals surface area contributed by atoms with Gasteiger partial charge in [0.2, 0.25) is 0 Å². The molecule has 3 nitrogen and oxygen atoms in total. The Bertz CT molecular complexity index is 56.9. The van der Waals surface area contributed by atoms with Crippen molar-refractivity contribution in [2.45, 2.75) is 13.8 Å². The van der Waals surface area contributed by atoms with Gasteiger partial charge in [0.1, 0.15) is 0 Å². The summed E-state index contributed by atoms with van der Waals surface area (Å²) in [6, 6.07) is 0. The van der Waals surface area contributed by atoms with E-state index in [0.29, 0.717) is 19.5 Å². The number of hydrogen-bond donors (Lipinski definition) is 1. The number of nitrogens with two attached hydrogens (primary N) is 1. The zero-order chi connectivity index (χ0) is 7.11. The first-order valence-corrected chi connectivity index (χ1v) is 4.44. The van der Waals surface area contributed by atoms with Gasteiger partial charge >= 0.3 is 0 Å². The van der Waals surface area contributed by atoms with Gasteiger partial charge in [-0.3, -0.25) is 0 Å². The SMILES string of the molecule is CCOP(CN)OCC. The molecule has 0 atom stereocenters. The lowest BCUT2D eigenvalue weighted by Crippen LogP contribution is -2.02. The summed E-state index contributed by atoms with van der Waals surface area (Å²) in [5.74, 6) is 0. The molecule has 0 fully saturated rings. The molecule has 0 heterocycles. The van der Waals surface area contributed by atoms with Crippen LogP contribution in [-0.4, -0.2) is 19.5 Å². The van der Waals surface area contributed by atoms with Crippen molar-refractivity contribution in [1.29, 1.82) is 0 Å². The maximum atomic E-state index is 5.32. The smallest absolute Gasteiger partial charge is 0.185 e. The molecular formula is C5H14NO2P. The monoisotopic (exact) mass is 151 g/mol. The van der Waals surface area contributed by atoms with Gasteiger partial charge in [-0.15, -0.1) is 0 Å². The van der Waals surface area contributed by atoms with Gasteiger partial charge in [0.05, 0.1) is 19.5 Å². The summed E-state index contributed by atoms with van der Waals surface area (Å²) in [6.07, 6.45) is 0.497. The van der Waals surface area contributed by atoms with Gasteiger partial charge in [-0.25, -0.2) is 0 Å². The summed E-state index contributed by atoms with van der Waals surface area (Å²) in [6.45, 7) is 5.24. The Balaban J connectivity index is 3.18. The average molecular weight is 151 g/mol. The second-order valence-electron chi connectivity index (χ2n) is 1.35. The fourth-order valence-electron chi connectivity index (χ4n) is 0.431. The van der Waals surface area contributed by atoms with Gasteiger partial charge in [0, 0.05) is 0 Å². The molecule has 4 heteroatoms. The molecule has 0 saturated carbocycles. The van der Waals surface area contributed by atoms with E-state index in [2.05, 4.69) is 0 Å². The minimum absolute atomic E-state index is 0.497. The average Bonchev–Trinajstić information content (AvgIpc) is 1.88. The van der Waals surface area contributed by atoms with Crippen molar-refractivity contribution in [1.82, 2.24) is 0 Å². The second-order valence-corrected chi connectivity index (χ2v) is 2.90. The first kappa shape index (κ1) is 9.31. The van der Waals surface area contributed by atoms with E-state index in [1.807, 2.05) is 13.8 Å². The fourth-order valence-corrected chi connectivity index (χ4v) is 1.29. The van der Waals surface area contributed by atoms with Gasteiger partial charge in [-0.2, -0.15) is 0 Å². The minimum Gasteiger partial charge on any atom is -0.333 e. The molecule has 0 amide bonds. The van der Waals surface area contributed by atoms with E-state index < -0.39 is 8.38 Å². The van der Waals surface area contributed by atoms with E-state index in [1.54, 1.807) is 0 Å². The summed E-state index contributed by atoms with van der Waals surface area (Å²) in [7, 11) is -0.781. The van der Waals surface area contributed by atoms with Crippen LogP contribution in [0.5, 0.6) is 0 Å². The van der Waals surface area contributed by atoms with Crippen molar-refractivity contribution < 1.29 is 9.05 Å². The van der Waals surface area contributed by atoms with E-state index in [1.165, 1.54) is 0 Å².